The summed E-state index contributed by atoms with van der Waals surface area (Å²) in [5, 5.41) is 16.4. The van der Waals surface area contributed by atoms with Crippen LogP contribution in [0.1, 0.15) is 0 Å². The Bertz CT molecular complexity index is 7250. The molecule has 14 aromatic carbocycles. The van der Waals surface area contributed by atoms with E-state index in [0.29, 0.717) is 34.9 Å². The summed E-state index contributed by atoms with van der Waals surface area (Å²) in [6.45, 7) is 0. The molecule has 0 saturated carbocycles. The number of thiophene rings is 3. The molecule has 484 valence electrons. The van der Waals surface area contributed by atoms with Gasteiger partial charge in [0.2, 0.25) is 0 Å². The number of furan rings is 1. The summed E-state index contributed by atoms with van der Waals surface area (Å²) in [6, 6.07) is 110. The third-order valence-electron chi connectivity index (χ3n) is 19.9. The van der Waals surface area contributed by atoms with Gasteiger partial charge in [0, 0.05) is 122 Å². The van der Waals surface area contributed by atoms with Gasteiger partial charge in [-0.2, -0.15) is 0 Å². The maximum atomic E-state index is 6.49. The monoisotopic (exact) mass is 1380 g/mol. The Morgan fingerprint density at radius 3 is 1.25 bits per heavy atom. The summed E-state index contributed by atoms with van der Waals surface area (Å²) >= 11 is 5.37. The Hall–Kier alpha value is -13.1. The molecule has 0 radical (unpaired) electrons. The zero-order valence-corrected chi connectivity index (χ0v) is 57.7. The molecule has 0 spiro atoms. The van der Waals surface area contributed by atoms with Crippen molar-refractivity contribution in [1.82, 2.24) is 39.9 Å². The molecule has 8 aromatic heterocycles. The van der Waals surface area contributed by atoms with Crippen LogP contribution in [0.2, 0.25) is 0 Å². The maximum absolute atomic E-state index is 6.49. The summed E-state index contributed by atoms with van der Waals surface area (Å²) in [5.41, 5.74) is 13.1. The number of nitrogens with zero attached hydrogens (tertiary/aromatic N) is 8. The summed E-state index contributed by atoms with van der Waals surface area (Å²) in [7, 11) is 0. The van der Waals surface area contributed by atoms with Crippen LogP contribution in [0.5, 0.6) is 0 Å². The minimum Gasteiger partial charge on any atom is -0.454 e. The standard InChI is InChI=1S/C46H26N4OS.C46H26N4S2/c1-2-13-30-27(11-1)12-9-18-33(30)45-48-44(49-46(50-45)36-19-10-17-32-31-14-5-8-22-39(31)52-43(32)36)29-25-23-28(24-26-29)41-42-40(34-15-3-6-20-37(34)47-41)35-16-4-7-21-38(35)51-42;1-2-11-30-26-31(25-20-27(30)10-1)45-48-44(49-46(50-45)36-16-9-15-33-32-12-4-7-18-38(32)51-42(33)36)29-23-21-28(22-24-29)41-43-40(34-13-3-6-17-37(34)47-41)35-14-5-8-19-39(35)52-43/h2*1-26H. The molecule has 0 amide bonds. The van der Waals surface area contributed by atoms with Crippen LogP contribution in [-0.2, 0) is 0 Å². The van der Waals surface area contributed by atoms with Crippen LogP contribution in [0, 0.1) is 0 Å². The first-order valence-electron chi connectivity index (χ1n) is 34.4. The quantitative estimate of drug-likeness (QED) is 0.147. The number of rotatable bonds is 8. The van der Waals surface area contributed by atoms with Gasteiger partial charge in [-0.05, 0) is 76.1 Å². The van der Waals surface area contributed by atoms with Gasteiger partial charge in [0.15, 0.2) is 40.5 Å². The van der Waals surface area contributed by atoms with Crippen molar-refractivity contribution in [2.45, 2.75) is 0 Å². The van der Waals surface area contributed by atoms with Crippen molar-refractivity contribution in [3.8, 4) is 90.8 Å². The van der Waals surface area contributed by atoms with Crippen LogP contribution < -0.4 is 0 Å². The van der Waals surface area contributed by atoms with Gasteiger partial charge >= 0.3 is 0 Å². The molecule has 12 heteroatoms. The van der Waals surface area contributed by atoms with Crippen LogP contribution in [0.15, 0.2) is 320 Å². The molecule has 0 aliphatic carbocycles. The average Bonchev–Trinajstić information content (AvgIpc) is 1.59. The number of hydrogen-bond donors (Lipinski definition) is 0. The summed E-state index contributed by atoms with van der Waals surface area (Å²) in [4.78, 5) is 41.3. The number of fused-ring (bicyclic) bond motifs is 18. The first kappa shape index (κ1) is 59.7. The molecule has 0 atom stereocenters. The molecule has 0 unspecified atom stereocenters. The van der Waals surface area contributed by atoms with E-state index in [-0.39, 0.29) is 0 Å². The fourth-order valence-electron chi connectivity index (χ4n) is 14.9. The molecule has 0 bridgehead atoms. The van der Waals surface area contributed by atoms with E-state index in [4.69, 9.17) is 44.3 Å². The number of benzene rings is 14. The molecule has 22 aromatic rings. The average molecular weight is 1380 g/mol. The summed E-state index contributed by atoms with van der Waals surface area (Å²) < 4.78 is 13.8. The summed E-state index contributed by atoms with van der Waals surface area (Å²) in [6.07, 6.45) is 0. The lowest BCUT2D eigenvalue weighted by molar-refractivity contribution is 0.669. The van der Waals surface area contributed by atoms with Gasteiger partial charge in [-0.1, -0.05) is 261 Å². The van der Waals surface area contributed by atoms with E-state index < -0.39 is 0 Å². The van der Waals surface area contributed by atoms with Crippen molar-refractivity contribution >= 4 is 160 Å². The Balaban J connectivity index is 0.000000134. The van der Waals surface area contributed by atoms with Gasteiger partial charge in [0.1, 0.15) is 11.3 Å². The molecule has 0 aliphatic rings. The highest BCUT2D eigenvalue weighted by Gasteiger charge is 2.23. The second-order valence-corrected chi connectivity index (χ2v) is 29.1. The second kappa shape index (κ2) is 24.3. The largest absolute Gasteiger partial charge is 0.454 e. The number of para-hydroxylation sites is 3. The maximum Gasteiger partial charge on any atom is 0.165 e. The lowest BCUT2D eigenvalue weighted by atomic mass is 10.0. The van der Waals surface area contributed by atoms with Crippen LogP contribution >= 0.6 is 34.0 Å². The normalized spacial score (nSPS) is 11.8. The Labute approximate surface area is 606 Å². The molecule has 9 nitrogen and oxygen atoms in total. The predicted octanol–water partition coefficient (Wildman–Crippen LogP) is 25.5. The van der Waals surface area contributed by atoms with E-state index in [1.165, 1.54) is 66.6 Å². The van der Waals surface area contributed by atoms with Gasteiger partial charge < -0.3 is 4.42 Å². The van der Waals surface area contributed by atoms with E-state index in [2.05, 4.69) is 297 Å². The highest BCUT2D eigenvalue weighted by Crippen LogP contribution is 2.46. The topological polar surface area (TPSA) is 116 Å². The number of hydrogen-bond acceptors (Lipinski definition) is 12. The predicted molar refractivity (Wildman–Crippen MR) is 435 cm³/mol. The molecule has 0 saturated heterocycles. The van der Waals surface area contributed by atoms with E-state index in [0.717, 1.165) is 115 Å². The van der Waals surface area contributed by atoms with Crippen molar-refractivity contribution in [3.05, 3.63) is 315 Å². The molecule has 22 rings (SSSR count). The van der Waals surface area contributed by atoms with Crippen molar-refractivity contribution in [3.63, 3.8) is 0 Å². The van der Waals surface area contributed by atoms with Gasteiger partial charge in [-0.25, -0.2) is 39.9 Å². The van der Waals surface area contributed by atoms with Gasteiger partial charge in [0.25, 0.3) is 0 Å². The van der Waals surface area contributed by atoms with Crippen LogP contribution in [0.4, 0.5) is 0 Å². The first-order valence-corrected chi connectivity index (χ1v) is 36.9. The fourth-order valence-corrected chi connectivity index (χ4v) is 18.6. The van der Waals surface area contributed by atoms with Crippen molar-refractivity contribution in [2.75, 3.05) is 0 Å². The second-order valence-electron chi connectivity index (χ2n) is 26.0. The van der Waals surface area contributed by atoms with Gasteiger partial charge in [0.05, 0.1) is 21.4 Å². The highest BCUT2D eigenvalue weighted by molar-refractivity contribution is 7.27. The van der Waals surface area contributed by atoms with E-state index in [1.807, 2.05) is 18.2 Å². The van der Waals surface area contributed by atoms with Gasteiger partial charge in [-0.3, -0.25) is 0 Å². The molecule has 104 heavy (non-hydrogen) atoms. The third-order valence-corrected chi connectivity index (χ3v) is 23.5. The highest BCUT2D eigenvalue weighted by atomic mass is 32.1. The Morgan fingerprint density at radius 1 is 0.221 bits per heavy atom. The van der Waals surface area contributed by atoms with Gasteiger partial charge in [-0.15, -0.1) is 34.0 Å². The van der Waals surface area contributed by atoms with Crippen molar-refractivity contribution < 1.29 is 4.42 Å². The Morgan fingerprint density at radius 2 is 0.615 bits per heavy atom. The smallest absolute Gasteiger partial charge is 0.165 e. The molecule has 0 N–H and O–H groups in total. The molecule has 0 fully saturated rings. The zero-order valence-electron chi connectivity index (χ0n) is 55.2. The number of aromatic nitrogens is 8. The van der Waals surface area contributed by atoms with E-state index >= 15 is 0 Å². The molecular weight excluding hydrogens is 1330 g/mol. The van der Waals surface area contributed by atoms with Crippen LogP contribution in [0.3, 0.4) is 0 Å². The molecular formula is C92H52N8OS3. The first-order chi connectivity index (χ1) is 51.5. The number of pyridine rings is 2. The van der Waals surface area contributed by atoms with E-state index in [9.17, 15) is 0 Å². The zero-order chi connectivity index (χ0) is 68.3. The minimum absolute atomic E-state index is 0.609. The fraction of sp³-hybridized carbons (Fsp3) is 0. The molecule has 0 aliphatic heterocycles. The lowest BCUT2D eigenvalue weighted by Gasteiger charge is -2.11. The van der Waals surface area contributed by atoms with Crippen molar-refractivity contribution in [2.24, 2.45) is 0 Å². The van der Waals surface area contributed by atoms with Crippen LogP contribution in [0.25, 0.3) is 217 Å². The minimum atomic E-state index is 0.609. The van der Waals surface area contributed by atoms with Crippen LogP contribution in [-0.4, -0.2) is 39.9 Å². The third kappa shape index (κ3) is 10.0. The Kier molecular flexibility index (Phi) is 14.0. The molecule has 8 heterocycles. The lowest BCUT2D eigenvalue weighted by Crippen LogP contribution is -2.00. The van der Waals surface area contributed by atoms with E-state index in [1.54, 1.807) is 34.0 Å². The SMILES string of the molecule is c1ccc2c(-c3nc(-c4ccc(-c5nc6ccccc6c6c5oc5ccccc56)cc4)nc(-c4cccc5c4sc4ccccc45)n3)cccc2c1.c1ccc2cc(-c3nc(-c4ccc(-c5nc6ccccc6c6c5sc5ccccc56)cc4)nc(-c4cccc5c4sc4ccccc45)n3)ccc2c1. The summed E-state index contributed by atoms with van der Waals surface area (Å²) in [5.74, 6) is 3.84. The van der Waals surface area contributed by atoms with Crippen molar-refractivity contribution in [1.29, 1.82) is 0 Å².